The fourth-order valence-electron chi connectivity index (χ4n) is 4.83. The number of carbonyl (C=O) groups excluding carboxylic acids is 2. The topological polar surface area (TPSA) is 110 Å². The van der Waals surface area contributed by atoms with Gasteiger partial charge in [0.25, 0.3) is 5.91 Å². The average Bonchev–Trinajstić information content (AvgIpc) is 3.53. The maximum absolute atomic E-state index is 13.6. The molecule has 202 valence electrons. The predicted molar refractivity (Wildman–Crippen MR) is 140 cm³/mol. The zero-order valence-corrected chi connectivity index (χ0v) is 22.9. The number of likely N-dealkylation sites (tertiary alicyclic amines) is 1. The minimum Gasteiger partial charge on any atom is -0.485 e. The largest absolute Gasteiger partial charge is 0.485 e. The van der Waals surface area contributed by atoms with E-state index >= 15 is 0 Å². The van der Waals surface area contributed by atoms with E-state index in [1.165, 1.54) is 4.90 Å². The number of hydrogen-bond acceptors (Lipinski definition) is 7. The molecule has 2 amide bonds. The molecule has 2 unspecified atom stereocenters. The number of benzene rings is 1. The number of β-amino-alcohol motifs (C(OH)–C–C–N with tert-alkyl or cyclic N) is 1. The standard InChI is InChI=1S/C27H32ClN5O5/c1-6-18-23(28)15(2)33-24(29-18)17-11-31(12-19(17)30-33)25(35)16-9-7-8-10-21(16)37-22-14-32(13-20(22)34)26(36)38-27(3,4)5/h7-10,20,22,34H,6,11-14H2,1-5H3. The molecule has 1 fully saturated rings. The lowest BCUT2D eigenvalue weighted by molar-refractivity contribution is 0.0268. The molecular formula is C27H32ClN5O5. The highest BCUT2D eigenvalue weighted by Gasteiger charge is 2.39. The number of carbonyl (C=O) groups is 2. The lowest BCUT2D eigenvalue weighted by Gasteiger charge is -2.24. The minimum atomic E-state index is -0.913. The van der Waals surface area contributed by atoms with Crippen LogP contribution in [0.2, 0.25) is 5.02 Å². The second-order valence-electron chi connectivity index (χ2n) is 10.7. The number of aryl methyl sites for hydroxylation is 2. The van der Waals surface area contributed by atoms with Gasteiger partial charge in [-0.15, -0.1) is 0 Å². The quantitative estimate of drug-likeness (QED) is 0.535. The summed E-state index contributed by atoms with van der Waals surface area (Å²) in [4.78, 5) is 33.9. The van der Waals surface area contributed by atoms with Gasteiger partial charge in [0, 0.05) is 5.56 Å². The van der Waals surface area contributed by atoms with Gasteiger partial charge in [-0.25, -0.2) is 14.3 Å². The Morgan fingerprint density at radius 1 is 1.16 bits per heavy atom. The predicted octanol–water partition coefficient (Wildman–Crippen LogP) is 3.77. The van der Waals surface area contributed by atoms with E-state index in [4.69, 9.17) is 26.1 Å². The van der Waals surface area contributed by atoms with Gasteiger partial charge < -0.3 is 24.4 Å². The van der Waals surface area contributed by atoms with Gasteiger partial charge in [0.2, 0.25) is 0 Å². The van der Waals surface area contributed by atoms with Gasteiger partial charge in [0.15, 0.2) is 5.65 Å². The van der Waals surface area contributed by atoms with Crippen LogP contribution in [0.15, 0.2) is 24.3 Å². The number of aliphatic hydroxyl groups is 1. The Balaban J connectivity index is 1.33. The summed E-state index contributed by atoms with van der Waals surface area (Å²) < 4.78 is 13.3. The molecule has 0 saturated carbocycles. The third-order valence-electron chi connectivity index (χ3n) is 6.77. The monoisotopic (exact) mass is 541 g/mol. The molecular weight excluding hydrogens is 510 g/mol. The van der Waals surface area contributed by atoms with Gasteiger partial charge in [-0.2, -0.15) is 5.10 Å². The number of para-hydroxylation sites is 1. The van der Waals surface area contributed by atoms with Gasteiger partial charge in [0.05, 0.1) is 53.8 Å². The first-order valence-electron chi connectivity index (χ1n) is 12.7. The second-order valence-corrected chi connectivity index (χ2v) is 11.1. The Morgan fingerprint density at radius 2 is 1.89 bits per heavy atom. The number of amides is 2. The molecule has 2 aliphatic rings. The van der Waals surface area contributed by atoms with Crippen molar-refractivity contribution < 1.29 is 24.2 Å². The summed E-state index contributed by atoms with van der Waals surface area (Å²) in [6.45, 7) is 10.2. The molecule has 1 N–H and O–H groups in total. The van der Waals surface area contributed by atoms with Crippen molar-refractivity contribution in [1.29, 1.82) is 0 Å². The fourth-order valence-corrected chi connectivity index (χ4v) is 5.09. The van der Waals surface area contributed by atoms with E-state index in [0.29, 0.717) is 35.8 Å². The molecule has 0 radical (unpaired) electrons. The molecule has 10 nitrogen and oxygen atoms in total. The van der Waals surface area contributed by atoms with Crippen molar-refractivity contribution in [3.8, 4) is 5.75 Å². The van der Waals surface area contributed by atoms with Crippen molar-refractivity contribution in [2.75, 3.05) is 13.1 Å². The molecule has 11 heteroatoms. The third kappa shape index (κ3) is 4.78. The molecule has 0 bridgehead atoms. The number of hydrogen-bond donors (Lipinski definition) is 1. The molecule has 2 aliphatic heterocycles. The molecule has 2 atom stereocenters. The molecule has 5 rings (SSSR count). The van der Waals surface area contributed by atoms with E-state index in [2.05, 4.69) is 5.10 Å². The van der Waals surface area contributed by atoms with E-state index in [1.54, 1.807) is 54.5 Å². The number of rotatable bonds is 4. The van der Waals surface area contributed by atoms with Crippen molar-refractivity contribution in [2.45, 2.75) is 71.9 Å². The Labute approximate surface area is 226 Å². The van der Waals surface area contributed by atoms with Crippen molar-refractivity contribution >= 4 is 29.2 Å². The molecule has 0 aliphatic carbocycles. The van der Waals surface area contributed by atoms with Crippen LogP contribution in [0.3, 0.4) is 0 Å². The molecule has 1 saturated heterocycles. The van der Waals surface area contributed by atoms with Crippen LogP contribution in [0.4, 0.5) is 4.79 Å². The summed E-state index contributed by atoms with van der Waals surface area (Å²) in [6, 6.07) is 6.94. The van der Waals surface area contributed by atoms with Gasteiger partial charge in [0.1, 0.15) is 23.6 Å². The van der Waals surface area contributed by atoms with Crippen LogP contribution in [0, 0.1) is 6.92 Å². The zero-order chi connectivity index (χ0) is 27.4. The molecule has 3 aromatic rings. The van der Waals surface area contributed by atoms with Crippen LogP contribution in [-0.2, 0) is 24.2 Å². The Morgan fingerprint density at radius 3 is 2.61 bits per heavy atom. The third-order valence-corrected chi connectivity index (χ3v) is 7.26. The molecule has 0 spiro atoms. The number of nitrogens with zero attached hydrogens (tertiary/aromatic N) is 5. The number of ether oxygens (including phenoxy) is 2. The number of halogens is 1. The van der Waals surface area contributed by atoms with Crippen LogP contribution in [-0.4, -0.2) is 72.4 Å². The first-order chi connectivity index (χ1) is 18.0. The first-order valence-corrected chi connectivity index (χ1v) is 13.1. The van der Waals surface area contributed by atoms with Gasteiger partial charge in [-0.05, 0) is 46.2 Å². The van der Waals surface area contributed by atoms with Crippen molar-refractivity contribution in [1.82, 2.24) is 24.4 Å². The fraction of sp³-hybridized carbons (Fsp3) is 0.481. The first kappa shape index (κ1) is 26.2. The maximum atomic E-state index is 13.6. The van der Waals surface area contributed by atoms with E-state index in [9.17, 15) is 14.7 Å². The highest BCUT2D eigenvalue weighted by Crippen LogP contribution is 2.32. The summed E-state index contributed by atoms with van der Waals surface area (Å²) in [7, 11) is 0. The van der Waals surface area contributed by atoms with Gasteiger partial charge >= 0.3 is 6.09 Å². The van der Waals surface area contributed by atoms with Gasteiger partial charge in [-0.3, -0.25) is 4.79 Å². The van der Waals surface area contributed by atoms with Crippen LogP contribution in [0.25, 0.3) is 5.65 Å². The lowest BCUT2D eigenvalue weighted by Crippen LogP contribution is -2.36. The number of aliphatic hydroxyl groups excluding tert-OH is 1. The highest BCUT2D eigenvalue weighted by molar-refractivity contribution is 6.31. The second kappa shape index (κ2) is 9.74. The van der Waals surface area contributed by atoms with Crippen molar-refractivity contribution in [3.05, 3.63) is 57.5 Å². The highest BCUT2D eigenvalue weighted by atomic mass is 35.5. The molecule has 1 aromatic carbocycles. The van der Waals surface area contributed by atoms with E-state index in [0.717, 1.165) is 28.3 Å². The van der Waals surface area contributed by atoms with Crippen molar-refractivity contribution in [3.63, 3.8) is 0 Å². The van der Waals surface area contributed by atoms with E-state index in [-0.39, 0.29) is 19.0 Å². The summed E-state index contributed by atoms with van der Waals surface area (Å²) in [5, 5.41) is 15.9. The Kier molecular flexibility index (Phi) is 6.73. The van der Waals surface area contributed by atoms with E-state index in [1.807, 2.05) is 13.8 Å². The van der Waals surface area contributed by atoms with E-state index < -0.39 is 23.9 Å². The average molecular weight is 542 g/mol. The molecule has 4 heterocycles. The summed E-state index contributed by atoms with van der Waals surface area (Å²) in [6.07, 6.45) is -1.42. The maximum Gasteiger partial charge on any atom is 0.410 e. The smallest absolute Gasteiger partial charge is 0.410 e. The Bertz CT molecular complexity index is 1420. The molecule has 2 aromatic heterocycles. The minimum absolute atomic E-state index is 0.0905. The number of fused-ring (bicyclic) bond motifs is 3. The Hall–Kier alpha value is -3.37. The normalized spacial score (nSPS) is 19.2. The van der Waals surface area contributed by atoms with Crippen molar-refractivity contribution in [2.24, 2.45) is 0 Å². The summed E-state index contributed by atoms with van der Waals surface area (Å²) in [5.74, 6) is 0.134. The summed E-state index contributed by atoms with van der Waals surface area (Å²) in [5.41, 5.74) is 3.78. The van der Waals surface area contributed by atoms with Crippen LogP contribution in [0.5, 0.6) is 5.75 Å². The van der Waals surface area contributed by atoms with Crippen LogP contribution >= 0.6 is 11.6 Å². The number of aromatic nitrogens is 3. The summed E-state index contributed by atoms with van der Waals surface area (Å²) >= 11 is 6.46. The van der Waals surface area contributed by atoms with Crippen LogP contribution < -0.4 is 4.74 Å². The SMILES string of the molecule is CCc1nc2c3c(nn2c(C)c1Cl)CN(C(=O)c1ccccc1OC1CN(C(=O)OC(C)(C)C)CC1O)C3. The molecule has 38 heavy (non-hydrogen) atoms. The van der Waals surface area contributed by atoms with Crippen LogP contribution in [0.1, 0.15) is 60.7 Å². The lowest BCUT2D eigenvalue weighted by atomic mass is 10.1. The van der Waals surface area contributed by atoms with Gasteiger partial charge in [-0.1, -0.05) is 30.7 Å². The zero-order valence-electron chi connectivity index (χ0n) is 22.2.